The number of rotatable bonds is 2. The zero-order chi connectivity index (χ0) is 14.9. The van der Waals surface area contributed by atoms with Crippen molar-refractivity contribution in [3.05, 3.63) is 66.9 Å². The average Bonchev–Trinajstić information content (AvgIpc) is 3.05. The molecule has 0 atom stereocenters. The molecular formula is C18H12N2O2. The van der Waals surface area contributed by atoms with E-state index in [9.17, 15) is 5.11 Å². The molecular weight excluding hydrogens is 276 g/mol. The summed E-state index contributed by atoms with van der Waals surface area (Å²) in [4.78, 5) is 8.87. The van der Waals surface area contributed by atoms with Gasteiger partial charge >= 0.3 is 0 Å². The fraction of sp³-hybridized carbons (Fsp3) is 0. The predicted octanol–water partition coefficient (Wildman–Crippen LogP) is 4.26. The molecule has 4 nitrogen and oxygen atoms in total. The standard InChI is InChI=1S/C18H12N2O2/c21-14-8-5-13(6-9-14)17-11-19-18(22-17)16-10-7-12-3-1-2-4-15(12)20-16/h1-11,21H. The van der Waals surface area contributed by atoms with Gasteiger partial charge in [0.2, 0.25) is 5.89 Å². The molecule has 2 aromatic heterocycles. The first-order chi connectivity index (χ1) is 10.8. The van der Waals surface area contributed by atoms with Crippen molar-refractivity contribution in [1.82, 2.24) is 9.97 Å². The van der Waals surface area contributed by atoms with Crippen LogP contribution in [0, 0.1) is 0 Å². The van der Waals surface area contributed by atoms with Crippen LogP contribution in [-0.4, -0.2) is 15.1 Å². The van der Waals surface area contributed by atoms with Crippen LogP contribution in [0.15, 0.2) is 71.3 Å². The Morgan fingerprint density at radius 1 is 0.864 bits per heavy atom. The highest BCUT2D eigenvalue weighted by atomic mass is 16.4. The van der Waals surface area contributed by atoms with Gasteiger partial charge in [0.05, 0.1) is 11.7 Å². The number of hydrogen-bond donors (Lipinski definition) is 1. The molecule has 4 heteroatoms. The molecule has 4 aromatic rings. The van der Waals surface area contributed by atoms with Crippen molar-refractivity contribution in [2.75, 3.05) is 0 Å². The second-order valence-electron chi connectivity index (χ2n) is 4.97. The van der Waals surface area contributed by atoms with E-state index in [1.54, 1.807) is 30.5 Å². The van der Waals surface area contributed by atoms with Crippen LogP contribution in [0.4, 0.5) is 0 Å². The Balaban J connectivity index is 1.74. The summed E-state index contributed by atoms with van der Waals surface area (Å²) in [5.74, 6) is 1.35. The van der Waals surface area contributed by atoms with Gasteiger partial charge in [-0.05, 0) is 36.4 Å². The Morgan fingerprint density at radius 3 is 2.55 bits per heavy atom. The van der Waals surface area contributed by atoms with Crippen LogP contribution < -0.4 is 0 Å². The topological polar surface area (TPSA) is 59.2 Å². The summed E-state index contributed by atoms with van der Waals surface area (Å²) in [5.41, 5.74) is 2.46. The van der Waals surface area contributed by atoms with Gasteiger partial charge in [-0.2, -0.15) is 0 Å². The smallest absolute Gasteiger partial charge is 0.245 e. The summed E-state index contributed by atoms with van der Waals surface area (Å²) < 4.78 is 5.79. The molecule has 106 valence electrons. The molecule has 2 heterocycles. The number of fused-ring (bicyclic) bond motifs is 1. The Hall–Kier alpha value is -3.14. The minimum Gasteiger partial charge on any atom is -0.508 e. The zero-order valence-corrected chi connectivity index (χ0v) is 11.6. The molecule has 0 amide bonds. The SMILES string of the molecule is Oc1ccc(-c2cnc(-c3ccc4ccccc4n3)o2)cc1. The monoisotopic (exact) mass is 288 g/mol. The minimum absolute atomic E-state index is 0.222. The first kappa shape index (κ1) is 12.6. The molecule has 0 aliphatic carbocycles. The van der Waals surface area contributed by atoms with E-state index in [-0.39, 0.29) is 5.75 Å². The van der Waals surface area contributed by atoms with Crippen LogP contribution in [0.25, 0.3) is 33.8 Å². The molecule has 0 fully saturated rings. The van der Waals surface area contributed by atoms with Crippen molar-refractivity contribution >= 4 is 10.9 Å². The van der Waals surface area contributed by atoms with Crippen molar-refractivity contribution < 1.29 is 9.52 Å². The number of benzene rings is 2. The Labute approximate surface area is 126 Å². The molecule has 0 saturated heterocycles. The number of phenols is 1. The zero-order valence-electron chi connectivity index (χ0n) is 11.6. The van der Waals surface area contributed by atoms with Crippen molar-refractivity contribution in [2.45, 2.75) is 0 Å². The van der Waals surface area contributed by atoms with Crippen molar-refractivity contribution in [3.63, 3.8) is 0 Å². The summed E-state index contributed by atoms with van der Waals surface area (Å²) in [7, 11) is 0. The van der Waals surface area contributed by atoms with E-state index in [1.807, 2.05) is 36.4 Å². The lowest BCUT2D eigenvalue weighted by Crippen LogP contribution is -1.84. The molecule has 0 bridgehead atoms. The molecule has 22 heavy (non-hydrogen) atoms. The number of nitrogens with zero attached hydrogens (tertiary/aromatic N) is 2. The number of hydrogen-bond acceptors (Lipinski definition) is 4. The van der Waals surface area contributed by atoms with Crippen molar-refractivity contribution in [1.29, 1.82) is 0 Å². The molecule has 0 spiro atoms. The van der Waals surface area contributed by atoms with E-state index in [0.717, 1.165) is 16.5 Å². The van der Waals surface area contributed by atoms with E-state index in [0.29, 0.717) is 17.3 Å². The highest BCUT2D eigenvalue weighted by Crippen LogP contribution is 2.27. The predicted molar refractivity (Wildman–Crippen MR) is 84.3 cm³/mol. The molecule has 2 aromatic carbocycles. The fourth-order valence-electron chi connectivity index (χ4n) is 2.34. The third kappa shape index (κ3) is 2.20. The van der Waals surface area contributed by atoms with Crippen molar-refractivity contribution in [3.8, 4) is 28.7 Å². The van der Waals surface area contributed by atoms with E-state index in [2.05, 4.69) is 9.97 Å². The molecule has 0 radical (unpaired) electrons. The lowest BCUT2D eigenvalue weighted by atomic mass is 10.2. The first-order valence-electron chi connectivity index (χ1n) is 6.91. The summed E-state index contributed by atoms with van der Waals surface area (Å²) in [6.45, 7) is 0. The number of pyridine rings is 1. The van der Waals surface area contributed by atoms with Crippen LogP contribution in [-0.2, 0) is 0 Å². The van der Waals surface area contributed by atoms with Gasteiger partial charge in [-0.3, -0.25) is 0 Å². The highest BCUT2D eigenvalue weighted by molar-refractivity contribution is 5.80. The lowest BCUT2D eigenvalue weighted by molar-refractivity contribution is 0.475. The average molecular weight is 288 g/mol. The van der Waals surface area contributed by atoms with Crippen LogP contribution in [0.3, 0.4) is 0 Å². The summed E-state index contributed by atoms with van der Waals surface area (Å²) in [5, 5.41) is 10.4. The second kappa shape index (κ2) is 5.00. The Kier molecular flexibility index (Phi) is 2.86. The highest BCUT2D eigenvalue weighted by Gasteiger charge is 2.10. The minimum atomic E-state index is 0.222. The van der Waals surface area contributed by atoms with Gasteiger partial charge in [0.15, 0.2) is 5.76 Å². The van der Waals surface area contributed by atoms with E-state index >= 15 is 0 Å². The number of para-hydroxylation sites is 1. The summed E-state index contributed by atoms with van der Waals surface area (Å²) in [6.07, 6.45) is 1.67. The quantitative estimate of drug-likeness (QED) is 0.598. The maximum Gasteiger partial charge on any atom is 0.245 e. The second-order valence-corrected chi connectivity index (χ2v) is 4.97. The summed E-state index contributed by atoms with van der Waals surface area (Å²) >= 11 is 0. The van der Waals surface area contributed by atoms with Gasteiger partial charge in [0, 0.05) is 10.9 Å². The molecule has 0 saturated carbocycles. The number of oxazole rings is 1. The molecule has 1 N–H and O–H groups in total. The number of aromatic nitrogens is 2. The Morgan fingerprint density at radius 2 is 1.68 bits per heavy atom. The number of aromatic hydroxyl groups is 1. The number of phenolic OH excluding ortho intramolecular Hbond substituents is 1. The maximum atomic E-state index is 9.33. The van der Waals surface area contributed by atoms with Gasteiger partial charge in [-0.25, -0.2) is 9.97 Å². The molecule has 0 unspecified atom stereocenters. The summed E-state index contributed by atoms with van der Waals surface area (Å²) in [6, 6.07) is 18.6. The van der Waals surface area contributed by atoms with Crippen molar-refractivity contribution in [2.24, 2.45) is 0 Å². The van der Waals surface area contributed by atoms with Crippen LogP contribution in [0.1, 0.15) is 0 Å². The molecule has 0 aliphatic rings. The molecule has 0 aliphatic heterocycles. The van der Waals surface area contributed by atoms with Crippen LogP contribution >= 0.6 is 0 Å². The van der Waals surface area contributed by atoms with Gasteiger partial charge in [0.25, 0.3) is 0 Å². The Bertz CT molecular complexity index is 943. The first-order valence-corrected chi connectivity index (χ1v) is 6.91. The van der Waals surface area contributed by atoms with E-state index < -0.39 is 0 Å². The lowest BCUT2D eigenvalue weighted by Gasteiger charge is -1.99. The third-order valence-electron chi connectivity index (χ3n) is 3.48. The van der Waals surface area contributed by atoms with Gasteiger partial charge < -0.3 is 9.52 Å². The molecule has 4 rings (SSSR count). The van der Waals surface area contributed by atoms with Gasteiger partial charge in [0.1, 0.15) is 11.4 Å². The van der Waals surface area contributed by atoms with Crippen LogP contribution in [0.2, 0.25) is 0 Å². The third-order valence-corrected chi connectivity index (χ3v) is 3.48. The van der Waals surface area contributed by atoms with Gasteiger partial charge in [-0.1, -0.05) is 24.3 Å². The van der Waals surface area contributed by atoms with Gasteiger partial charge in [-0.15, -0.1) is 0 Å². The van der Waals surface area contributed by atoms with Crippen LogP contribution in [0.5, 0.6) is 5.75 Å². The largest absolute Gasteiger partial charge is 0.508 e. The maximum absolute atomic E-state index is 9.33. The van der Waals surface area contributed by atoms with E-state index in [1.165, 1.54) is 0 Å². The normalized spacial score (nSPS) is 10.9. The fourth-order valence-corrected chi connectivity index (χ4v) is 2.34. The van der Waals surface area contributed by atoms with E-state index in [4.69, 9.17) is 4.42 Å².